The Labute approximate surface area is 105 Å². The molecule has 17 heavy (non-hydrogen) atoms. The zero-order valence-corrected chi connectivity index (χ0v) is 10.9. The Bertz CT molecular complexity index is 331. The van der Waals surface area contributed by atoms with Crippen molar-refractivity contribution >= 4 is 0 Å². The number of rotatable bonds is 4. The molecule has 0 bridgehead atoms. The molecule has 94 valence electrons. The standard InChI is InChI=1S/C15H24N2/c1-13-4-2-3-11-17(13)12-15-7-5-14(6-8-15)9-10-16/h5-8,13H,2-4,9-12,16H2,1H3. The molecule has 1 heterocycles. The number of nitrogens with two attached hydrogens (primary N) is 1. The normalized spacial score (nSPS) is 21.6. The van der Waals surface area contributed by atoms with Gasteiger partial charge in [0.15, 0.2) is 0 Å². The summed E-state index contributed by atoms with van der Waals surface area (Å²) >= 11 is 0. The van der Waals surface area contributed by atoms with Gasteiger partial charge in [-0.3, -0.25) is 4.90 Å². The first-order valence-corrected chi connectivity index (χ1v) is 6.81. The SMILES string of the molecule is CC1CCCCN1Cc1ccc(CCN)cc1. The lowest BCUT2D eigenvalue weighted by atomic mass is 10.0. The number of piperidine rings is 1. The van der Waals surface area contributed by atoms with Crippen molar-refractivity contribution < 1.29 is 0 Å². The van der Waals surface area contributed by atoms with Crippen LogP contribution < -0.4 is 5.73 Å². The number of hydrogen-bond acceptors (Lipinski definition) is 2. The van der Waals surface area contributed by atoms with Crippen LogP contribution in [0.3, 0.4) is 0 Å². The molecular formula is C15H24N2. The van der Waals surface area contributed by atoms with E-state index in [9.17, 15) is 0 Å². The summed E-state index contributed by atoms with van der Waals surface area (Å²) in [6, 6.07) is 9.69. The third kappa shape index (κ3) is 3.55. The minimum absolute atomic E-state index is 0.739. The molecule has 0 amide bonds. The van der Waals surface area contributed by atoms with Gasteiger partial charge in [0.05, 0.1) is 0 Å². The van der Waals surface area contributed by atoms with Crippen LogP contribution in [0.1, 0.15) is 37.3 Å². The summed E-state index contributed by atoms with van der Waals surface area (Å²) in [5, 5.41) is 0. The molecule has 1 fully saturated rings. The Morgan fingerprint density at radius 3 is 2.53 bits per heavy atom. The third-order valence-electron chi connectivity index (χ3n) is 3.78. The van der Waals surface area contributed by atoms with Crippen molar-refractivity contribution in [1.82, 2.24) is 4.90 Å². The third-order valence-corrected chi connectivity index (χ3v) is 3.78. The first kappa shape index (κ1) is 12.6. The van der Waals surface area contributed by atoms with E-state index >= 15 is 0 Å². The van der Waals surface area contributed by atoms with E-state index in [-0.39, 0.29) is 0 Å². The maximum absolute atomic E-state index is 5.56. The second kappa shape index (κ2) is 6.18. The number of hydrogen-bond donors (Lipinski definition) is 1. The van der Waals surface area contributed by atoms with Crippen molar-refractivity contribution in [3.8, 4) is 0 Å². The monoisotopic (exact) mass is 232 g/mol. The molecule has 0 aliphatic carbocycles. The van der Waals surface area contributed by atoms with Gasteiger partial charge in [0.25, 0.3) is 0 Å². The Morgan fingerprint density at radius 1 is 1.18 bits per heavy atom. The molecule has 0 spiro atoms. The van der Waals surface area contributed by atoms with Gasteiger partial charge in [-0.2, -0.15) is 0 Å². The molecule has 1 atom stereocenters. The fourth-order valence-electron chi connectivity index (χ4n) is 2.61. The highest BCUT2D eigenvalue weighted by Gasteiger charge is 2.17. The van der Waals surface area contributed by atoms with Crippen LogP contribution in [-0.2, 0) is 13.0 Å². The molecule has 1 aromatic rings. The molecule has 1 aromatic carbocycles. The maximum atomic E-state index is 5.56. The van der Waals surface area contributed by atoms with E-state index in [1.54, 1.807) is 0 Å². The highest BCUT2D eigenvalue weighted by Crippen LogP contribution is 2.19. The van der Waals surface area contributed by atoms with Gasteiger partial charge in [-0.15, -0.1) is 0 Å². The second-order valence-corrected chi connectivity index (χ2v) is 5.17. The van der Waals surface area contributed by atoms with Crippen molar-refractivity contribution in [3.05, 3.63) is 35.4 Å². The summed E-state index contributed by atoms with van der Waals surface area (Å²) < 4.78 is 0. The van der Waals surface area contributed by atoms with E-state index < -0.39 is 0 Å². The largest absolute Gasteiger partial charge is 0.330 e. The molecule has 2 rings (SSSR count). The molecule has 0 radical (unpaired) electrons. The van der Waals surface area contributed by atoms with Crippen LogP contribution in [0, 0.1) is 0 Å². The van der Waals surface area contributed by atoms with Gasteiger partial charge in [-0.1, -0.05) is 30.7 Å². The smallest absolute Gasteiger partial charge is 0.0236 e. The topological polar surface area (TPSA) is 29.3 Å². The lowest BCUT2D eigenvalue weighted by Gasteiger charge is -2.33. The molecule has 0 saturated carbocycles. The summed E-state index contributed by atoms with van der Waals surface area (Å²) in [4.78, 5) is 2.60. The second-order valence-electron chi connectivity index (χ2n) is 5.17. The molecular weight excluding hydrogens is 208 g/mol. The number of nitrogens with zero attached hydrogens (tertiary/aromatic N) is 1. The quantitative estimate of drug-likeness (QED) is 0.864. The Hall–Kier alpha value is -0.860. The van der Waals surface area contributed by atoms with E-state index in [2.05, 4.69) is 36.1 Å². The summed E-state index contributed by atoms with van der Waals surface area (Å²) in [6.07, 6.45) is 5.09. The summed E-state index contributed by atoms with van der Waals surface area (Å²) in [7, 11) is 0. The summed E-state index contributed by atoms with van der Waals surface area (Å²) in [6.45, 7) is 5.44. The maximum Gasteiger partial charge on any atom is 0.0236 e. The Balaban J connectivity index is 1.93. The average molecular weight is 232 g/mol. The summed E-state index contributed by atoms with van der Waals surface area (Å²) in [5.41, 5.74) is 8.34. The first-order chi connectivity index (χ1) is 8.29. The number of benzene rings is 1. The Morgan fingerprint density at radius 2 is 1.88 bits per heavy atom. The van der Waals surface area contributed by atoms with E-state index in [1.807, 2.05) is 0 Å². The average Bonchev–Trinajstić information content (AvgIpc) is 2.35. The highest BCUT2D eigenvalue weighted by molar-refractivity contribution is 5.22. The van der Waals surface area contributed by atoms with Crippen LogP contribution in [0.5, 0.6) is 0 Å². The molecule has 1 aliphatic rings. The van der Waals surface area contributed by atoms with Gasteiger partial charge in [0.1, 0.15) is 0 Å². The van der Waals surface area contributed by atoms with Crippen molar-refractivity contribution in [2.24, 2.45) is 5.73 Å². The van der Waals surface area contributed by atoms with Gasteiger partial charge in [-0.05, 0) is 50.4 Å². The van der Waals surface area contributed by atoms with E-state index in [0.29, 0.717) is 0 Å². The van der Waals surface area contributed by atoms with Crippen LogP contribution in [0.25, 0.3) is 0 Å². The lowest BCUT2D eigenvalue weighted by molar-refractivity contribution is 0.152. The van der Waals surface area contributed by atoms with E-state index in [1.165, 1.54) is 36.9 Å². The zero-order chi connectivity index (χ0) is 12.1. The van der Waals surface area contributed by atoms with Crippen molar-refractivity contribution in [3.63, 3.8) is 0 Å². The minimum Gasteiger partial charge on any atom is -0.330 e. The zero-order valence-electron chi connectivity index (χ0n) is 10.9. The van der Waals surface area contributed by atoms with Crippen LogP contribution in [0.2, 0.25) is 0 Å². The predicted octanol–water partition coefficient (Wildman–Crippen LogP) is 2.56. The van der Waals surface area contributed by atoms with Crippen molar-refractivity contribution in [2.45, 2.75) is 45.2 Å². The number of likely N-dealkylation sites (tertiary alicyclic amines) is 1. The molecule has 2 heteroatoms. The fourth-order valence-corrected chi connectivity index (χ4v) is 2.61. The molecule has 1 saturated heterocycles. The van der Waals surface area contributed by atoms with Gasteiger partial charge >= 0.3 is 0 Å². The fraction of sp³-hybridized carbons (Fsp3) is 0.600. The van der Waals surface area contributed by atoms with Crippen molar-refractivity contribution in [2.75, 3.05) is 13.1 Å². The summed E-state index contributed by atoms with van der Waals surface area (Å²) in [5.74, 6) is 0. The van der Waals surface area contributed by atoms with Crippen LogP contribution >= 0.6 is 0 Å². The van der Waals surface area contributed by atoms with Crippen LogP contribution in [-0.4, -0.2) is 24.0 Å². The Kier molecular flexibility index (Phi) is 4.57. The van der Waals surface area contributed by atoms with Gasteiger partial charge in [0, 0.05) is 12.6 Å². The van der Waals surface area contributed by atoms with Gasteiger partial charge in [-0.25, -0.2) is 0 Å². The molecule has 1 aliphatic heterocycles. The minimum atomic E-state index is 0.739. The molecule has 1 unspecified atom stereocenters. The molecule has 0 aromatic heterocycles. The highest BCUT2D eigenvalue weighted by atomic mass is 15.2. The van der Waals surface area contributed by atoms with E-state index in [4.69, 9.17) is 5.73 Å². The first-order valence-electron chi connectivity index (χ1n) is 6.81. The van der Waals surface area contributed by atoms with Crippen LogP contribution in [0.4, 0.5) is 0 Å². The van der Waals surface area contributed by atoms with Gasteiger partial charge in [0.2, 0.25) is 0 Å². The molecule has 2 nitrogen and oxygen atoms in total. The van der Waals surface area contributed by atoms with E-state index in [0.717, 1.165) is 25.6 Å². The van der Waals surface area contributed by atoms with Gasteiger partial charge < -0.3 is 5.73 Å². The van der Waals surface area contributed by atoms with Crippen molar-refractivity contribution in [1.29, 1.82) is 0 Å². The molecule has 2 N–H and O–H groups in total. The lowest BCUT2D eigenvalue weighted by Crippen LogP contribution is -2.36. The van der Waals surface area contributed by atoms with Crippen LogP contribution in [0.15, 0.2) is 24.3 Å². The predicted molar refractivity (Wildman–Crippen MR) is 72.9 cm³/mol.